The Kier molecular flexibility index (Phi) is 9.41. The lowest BCUT2D eigenvalue weighted by molar-refractivity contribution is 0.385. The minimum Gasteiger partial charge on any atom is -0.207 e. The van der Waals surface area contributed by atoms with Crippen LogP contribution in [0.4, 0.5) is 0 Å². The smallest absolute Gasteiger partial charge is 0.207 e. The van der Waals surface area contributed by atoms with Gasteiger partial charge in [-0.2, -0.15) is 4.31 Å². The number of hydrogen-bond donors (Lipinski definition) is 0. The highest BCUT2D eigenvalue weighted by molar-refractivity contribution is 7.89. The molecule has 1 radical (unpaired) electrons. The van der Waals surface area contributed by atoms with E-state index in [0.29, 0.717) is 18.0 Å². The number of nitrogens with zero attached hydrogens (tertiary/aromatic N) is 1. The van der Waals surface area contributed by atoms with Crippen LogP contribution in [-0.4, -0.2) is 25.8 Å². The van der Waals surface area contributed by atoms with Crippen LogP contribution in [-0.2, 0) is 10.0 Å². The molecule has 22 heavy (non-hydrogen) atoms. The molecule has 0 fully saturated rings. The third kappa shape index (κ3) is 6.49. The van der Waals surface area contributed by atoms with Crippen molar-refractivity contribution >= 4 is 10.0 Å². The van der Waals surface area contributed by atoms with E-state index in [9.17, 15) is 8.42 Å². The van der Waals surface area contributed by atoms with Crippen LogP contribution < -0.4 is 0 Å². The van der Waals surface area contributed by atoms with E-state index >= 15 is 0 Å². The standard InChI is InChI=1S/C18H30NO2S/c1-3-5-7-12-16-19(17-13-8-6-4-2)22(20,21)18-14-10-9-11-15-18/h9-11,14H,3-8,12-13,16-17H2,1-2H3. The monoisotopic (exact) mass is 324 g/mol. The van der Waals surface area contributed by atoms with Gasteiger partial charge in [0.15, 0.2) is 0 Å². The number of benzene rings is 1. The third-order valence-corrected chi connectivity index (χ3v) is 5.68. The van der Waals surface area contributed by atoms with Crippen molar-refractivity contribution in [1.82, 2.24) is 4.31 Å². The molecule has 0 spiro atoms. The van der Waals surface area contributed by atoms with Crippen LogP contribution in [0.15, 0.2) is 29.2 Å². The molecule has 0 aliphatic rings. The van der Waals surface area contributed by atoms with Crippen LogP contribution in [0, 0.1) is 6.07 Å². The Labute approximate surface area is 136 Å². The quantitative estimate of drug-likeness (QED) is 0.525. The Balaban J connectivity index is 2.70. The van der Waals surface area contributed by atoms with Gasteiger partial charge >= 0.3 is 0 Å². The maximum atomic E-state index is 12.8. The van der Waals surface area contributed by atoms with Gasteiger partial charge in [-0.05, 0) is 18.9 Å². The SMILES string of the molecule is CCCCCCN(CCCCCC)S(=O)(=O)c1[c]cccc1. The maximum Gasteiger partial charge on any atom is 0.243 e. The lowest BCUT2D eigenvalue weighted by Gasteiger charge is -2.22. The minimum atomic E-state index is -3.40. The molecule has 1 rings (SSSR count). The highest BCUT2D eigenvalue weighted by Gasteiger charge is 2.23. The summed E-state index contributed by atoms with van der Waals surface area (Å²) in [6.45, 7) is 5.57. The van der Waals surface area contributed by atoms with E-state index in [2.05, 4.69) is 19.9 Å². The number of sulfonamides is 1. The van der Waals surface area contributed by atoms with E-state index in [0.717, 1.165) is 38.5 Å². The van der Waals surface area contributed by atoms with Crippen molar-refractivity contribution in [3.05, 3.63) is 30.3 Å². The van der Waals surface area contributed by atoms with Gasteiger partial charge in [-0.15, -0.1) is 0 Å². The topological polar surface area (TPSA) is 37.4 Å². The molecule has 0 bridgehead atoms. The Morgan fingerprint density at radius 2 is 1.50 bits per heavy atom. The summed E-state index contributed by atoms with van der Waals surface area (Å²) in [4.78, 5) is 0.293. The van der Waals surface area contributed by atoms with Gasteiger partial charge in [-0.25, -0.2) is 8.42 Å². The van der Waals surface area contributed by atoms with Gasteiger partial charge in [0.25, 0.3) is 0 Å². The van der Waals surface area contributed by atoms with Gasteiger partial charge in [0, 0.05) is 19.2 Å². The molecule has 3 nitrogen and oxygen atoms in total. The van der Waals surface area contributed by atoms with E-state index in [4.69, 9.17) is 0 Å². The summed E-state index contributed by atoms with van der Waals surface area (Å²) in [5.41, 5.74) is 0. The molecule has 0 saturated heterocycles. The Hall–Kier alpha value is -0.870. The first-order valence-corrected chi connectivity index (χ1v) is 10.0. The first-order valence-electron chi connectivity index (χ1n) is 8.59. The summed E-state index contributed by atoms with van der Waals surface area (Å²) in [7, 11) is -3.40. The molecule has 125 valence electrons. The first kappa shape index (κ1) is 19.2. The van der Waals surface area contributed by atoms with Gasteiger partial charge in [-0.1, -0.05) is 70.6 Å². The van der Waals surface area contributed by atoms with Crippen LogP contribution in [0.5, 0.6) is 0 Å². The lowest BCUT2D eigenvalue weighted by atomic mass is 10.2. The van der Waals surface area contributed by atoms with Crippen molar-refractivity contribution in [3.63, 3.8) is 0 Å². The van der Waals surface area contributed by atoms with E-state index in [-0.39, 0.29) is 0 Å². The number of hydrogen-bond acceptors (Lipinski definition) is 2. The Morgan fingerprint density at radius 1 is 0.909 bits per heavy atom. The zero-order valence-corrected chi connectivity index (χ0v) is 14.9. The zero-order chi connectivity index (χ0) is 16.3. The predicted molar refractivity (Wildman–Crippen MR) is 92.3 cm³/mol. The van der Waals surface area contributed by atoms with E-state index < -0.39 is 10.0 Å². The van der Waals surface area contributed by atoms with Crippen LogP contribution in [0.25, 0.3) is 0 Å². The zero-order valence-electron chi connectivity index (χ0n) is 14.1. The summed E-state index contributed by atoms with van der Waals surface area (Å²) in [6.07, 6.45) is 8.72. The van der Waals surface area contributed by atoms with Crippen molar-refractivity contribution < 1.29 is 8.42 Å². The molecule has 0 heterocycles. The molecule has 0 saturated carbocycles. The first-order chi connectivity index (χ1) is 10.6. The Bertz CT molecular complexity index is 473. The molecule has 0 aromatic heterocycles. The molecule has 1 aromatic carbocycles. The van der Waals surface area contributed by atoms with Crippen LogP contribution in [0.2, 0.25) is 0 Å². The summed E-state index contributed by atoms with van der Waals surface area (Å²) in [5.74, 6) is 0. The van der Waals surface area contributed by atoms with Crippen molar-refractivity contribution in [2.24, 2.45) is 0 Å². The number of unbranched alkanes of at least 4 members (excludes halogenated alkanes) is 6. The third-order valence-electron chi connectivity index (χ3n) is 3.82. The molecule has 0 amide bonds. The molecular formula is C18H30NO2S. The molecule has 1 aromatic rings. The average molecular weight is 325 g/mol. The van der Waals surface area contributed by atoms with Gasteiger partial charge in [-0.3, -0.25) is 0 Å². The highest BCUT2D eigenvalue weighted by Crippen LogP contribution is 2.17. The molecule has 0 aliphatic heterocycles. The van der Waals surface area contributed by atoms with Crippen LogP contribution >= 0.6 is 0 Å². The second-order valence-electron chi connectivity index (χ2n) is 5.75. The number of rotatable bonds is 12. The molecule has 0 aliphatic carbocycles. The van der Waals surface area contributed by atoms with Gasteiger partial charge in [0.05, 0.1) is 4.90 Å². The normalized spacial score (nSPS) is 12.0. The van der Waals surface area contributed by atoms with Crippen LogP contribution in [0.1, 0.15) is 65.2 Å². The largest absolute Gasteiger partial charge is 0.243 e. The highest BCUT2D eigenvalue weighted by atomic mass is 32.2. The second kappa shape index (κ2) is 10.8. The van der Waals surface area contributed by atoms with Gasteiger partial charge in [0.1, 0.15) is 0 Å². The van der Waals surface area contributed by atoms with Crippen molar-refractivity contribution in [2.75, 3.05) is 13.1 Å². The fraction of sp³-hybridized carbons (Fsp3) is 0.667. The average Bonchev–Trinajstić information content (AvgIpc) is 2.54. The lowest BCUT2D eigenvalue weighted by Crippen LogP contribution is -2.33. The van der Waals surface area contributed by atoms with E-state index in [1.165, 1.54) is 12.8 Å². The van der Waals surface area contributed by atoms with Gasteiger partial charge < -0.3 is 0 Å². The predicted octanol–water partition coefficient (Wildman–Crippen LogP) is 4.64. The van der Waals surface area contributed by atoms with Crippen molar-refractivity contribution in [2.45, 2.75) is 70.1 Å². The van der Waals surface area contributed by atoms with Crippen molar-refractivity contribution in [1.29, 1.82) is 0 Å². The van der Waals surface area contributed by atoms with Gasteiger partial charge in [0.2, 0.25) is 10.0 Å². The second-order valence-corrected chi connectivity index (χ2v) is 7.66. The van der Waals surface area contributed by atoms with Crippen LogP contribution in [0.3, 0.4) is 0 Å². The summed E-state index contributed by atoms with van der Waals surface area (Å²) in [6, 6.07) is 9.73. The molecule has 0 N–H and O–H groups in total. The summed E-state index contributed by atoms with van der Waals surface area (Å²) in [5, 5.41) is 0. The van der Waals surface area contributed by atoms with E-state index in [1.54, 1.807) is 28.6 Å². The maximum absolute atomic E-state index is 12.8. The van der Waals surface area contributed by atoms with Crippen molar-refractivity contribution in [3.8, 4) is 0 Å². The minimum absolute atomic E-state index is 0.293. The fourth-order valence-electron chi connectivity index (χ4n) is 2.46. The summed E-state index contributed by atoms with van der Waals surface area (Å²) >= 11 is 0. The molecular weight excluding hydrogens is 294 g/mol. The Morgan fingerprint density at radius 3 is 1.95 bits per heavy atom. The molecule has 0 atom stereocenters. The van der Waals surface area contributed by atoms with E-state index in [1.807, 2.05) is 0 Å². The molecule has 0 unspecified atom stereocenters. The fourth-order valence-corrected chi connectivity index (χ4v) is 3.94. The summed E-state index contributed by atoms with van der Waals surface area (Å²) < 4.78 is 27.2. The molecule has 4 heteroatoms.